The first-order chi connectivity index (χ1) is 14.2. The molecular formula is C24H32O6. The summed E-state index contributed by atoms with van der Waals surface area (Å²) in [5.41, 5.74) is -1.37. The van der Waals surface area contributed by atoms with Crippen LogP contribution in [0.4, 0.5) is 0 Å². The van der Waals surface area contributed by atoms with Gasteiger partial charge in [0.25, 0.3) is 0 Å². The van der Waals surface area contributed by atoms with Crippen molar-refractivity contribution >= 4 is 11.8 Å². The average Bonchev–Trinajstić information content (AvgIpc) is 3.15. The molecule has 0 unspecified atom stereocenters. The van der Waals surface area contributed by atoms with Crippen LogP contribution in [-0.2, 0) is 19.1 Å². The quantitative estimate of drug-likeness (QED) is 0.734. The zero-order valence-corrected chi connectivity index (χ0v) is 18.0. The Morgan fingerprint density at radius 3 is 2.80 bits per heavy atom. The van der Waals surface area contributed by atoms with Gasteiger partial charge in [0.1, 0.15) is 6.10 Å². The standard InChI is InChI=1S/C24H32O6/c1-4-5-19-29-18-11-16-15-7-6-13-10-14(25)8-9-22(13,2)20(15)17(26)12-23(16,3)24(18,30-19)21(27)28/h8-10,15-20,26H,4-7,11-12H2,1-3H3,(H,27,28)/t15-,16-,17+,18+,19+,20+,22-,23-,24-/m0/s1. The van der Waals surface area contributed by atoms with E-state index in [1.807, 2.05) is 19.9 Å². The molecule has 5 rings (SSSR count). The smallest absolute Gasteiger partial charge is 0.339 e. The number of rotatable bonds is 3. The second-order valence-electron chi connectivity index (χ2n) is 10.4. The van der Waals surface area contributed by atoms with Gasteiger partial charge in [0.15, 0.2) is 17.7 Å². The molecule has 1 saturated heterocycles. The molecule has 0 aromatic heterocycles. The predicted molar refractivity (Wildman–Crippen MR) is 108 cm³/mol. The molecule has 6 nitrogen and oxygen atoms in total. The summed E-state index contributed by atoms with van der Waals surface area (Å²) in [5, 5.41) is 21.8. The number of hydrogen-bond donors (Lipinski definition) is 2. The molecule has 4 aliphatic carbocycles. The molecule has 3 saturated carbocycles. The number of aliphatic hydroxyl groups is 1. The lowest BCUT2D eigenvalue weighted by Gasteiger charge is -2.59. The van der Waals surface area contributed by atoms with E-state index in [9.17, 15) is 19.8 Å². The van der Waals surface area contributed by atoms with Gasteiger partial charge in [-0.2, -0.15) is 0 Å². The Labute approximate surface area is 177 Å². The van der Waals surface area contributed by atoms with Gasteiger partial charge in [-0.15, -0.1) is 0 Å². The van der Waals surface area contributed by atoms with Crippen LogP contribution < -0.4 is 0 Å². The van der Waals surface area contributed by atoms with Crippen molar-refractivity contribution in [2.45, 2.75) is 83.4 Å². The van der Waals surface area contributed by atoms with E-state index in [-0.39, 0.29) is 29.0 Å². The summed E-state index contributed by atoms with van der Waals surface area (Å²) in [6, 6.07) is 0. The molecule has 6 heteroatoms. The van der Waals surface area contributed by atoms with Crippen molar-refractivity contribution < 1.29 is 29.3 Å². The minimum atomic E-state index is -1.40. The van der Waals surface area contributed by atoms with E-state index in [0.29, 0.717) is 19.3 Å². The highest BCUT2D eigenvalue weighted by molar-refractivity contribution is 6.01. The third-order valence-electron chi connectivity index (χ3n) is 9.13. The summed E-state index contributed by atoms with van der Waals surface area (Å²) in [7, 11) is 0. The van der Waals surface area contributed by atoms with Gasteiger partial charge in [-0.25, -0.2) is 4.79 Å². The molecule has 0 radical (unpaired) electrons. The molecule has 0 amide bonds. The van der Waals surface area contributed by atoms with Gasteiger partial charge >= 0.3 is 5.97 Å². The number of ketones is 1. The zero-order valence-electron chi connectivity index (χ0n) is 18.0. The normalized spacial score (nSPS) is 51.6. The lowest BCUT2D eigenvalue weighted by atomic mass is 9.46. The number of fused-ring (bicyclic) bond motifs is 7. The number of carbonyl (C=O) groups is 2. The fourth-order valence-electron chi connectivity index (χ4n) is 7.87. The number of carboxylic acids is 1. The molecule has 0 bridgehead atoms. The highest BCUT2D eigenvalue weighted by Crippen LogP contribution is 2.69. The Balaban J connectivity index is 1.55. The second-order valence-corrected chi connectivity index (χ2v) is 10.4. The number of hydrogen-bond acceptors (Lipinski definition) is 5. The first-order valence-electron chi connectivity index (χ1n) is 11.4. The fourth-order valence-corrected chi connectivity index (χ4v) is 7.87. The van der Waals surface area contributed by atoms with Crippen LogP contribution in [-0.4, -0.2) is 46.1 Å². The highest BCUT2D eigenvalue weighted by Gasteiger charge is 2.76. The maximum Gasteiger partial charge on any atom is 0.339 e. The van der Waals surface area contributed by atoms with Gasteiger partial charge in [0.05, 0.1) is 6.10 Å². The summed E-state index contributed by atoms with van der Waals surface area (Å²) in [6.07, 6.45) is 7.90. The minimum absolute atomic E-state index is 0.0139. The van der Waals surface area contributed by atoms with Gasteiger partial charge in [0, 0.05) is 16.7 Å². The summed E-state index contributed by atoms with van der Waals surface area (Å²) in [4.78, 5) is 24.6. The monoisotopic (exact) mass is 416 g/mol. The molecule has 0 spiro atoms. The third-order valence-corrected chi connectivity index (χ3v) is 9.13. The Bertz CT molecular complexity index is 847. The summed E-state index contributed by atoms with van der Waals surface area (Å²) >= 11 is 0. The topological polar surface area (TPSA) is 93.1 Å². The molecule has 4 fully saturated rings. The molecule has 164 valence electrons. The molecule has 30 heavy (non-hydrogen) atoms. The lowest BCUT2D eigenvalue weighted by Crippen LogP contribution is -2.63. The molecular weight excluding hydrogens is 384 g/mol. The van der Waals surface area contributed by atoms with Crippen molar-refractivity contribution in [1.29, 1.82) is 0 Å². The van der Waals surface area contributed by atoms with Gasteiger partial charge in [-0.1, -0.05) is 38.8 Å². The van der Waals surface area contributed by atoms with E-state index in [1.165, 1.54) is 0 Å². The van der Waals surface area contributed by atoms with Gasteiger partial charge < -0.3 is 19.7 Å². The van der Waals surface area contributed by atoms with E-state index in [2.05, 4.69) is 6.92 Å². The maximum atomic E-state index is 12.7. The van der Waals surface area contributed by atoms with Crippen LogP contribution in [0, 0.1) is 28.6 Å². The van der Waals surface area contributed by atoms with Crippen LogP contribution in [0.1, 0.15) is 59.3 Å². The highest BCUT2D eigenvalue weighted by atomic mass is 16.7. The lowest BCUT2D eigenvalue weighted by molar-refractivity contribution is -0.210. The van der Waals surface area contributed by atoms with Crippen LogP contribution >= 0.6 is 0 Å². The number of aliphatic hydroxyl groups excluding tert-OH is 1. The molecule has 1 aliphatic heterocycles. The molecule has 0 aromatic rings. The Hall–Kier alpha value is -1.50. The Morgan fingerprint density at radius 2 is 2.10 bits per heavy atom. The number of aliphatic carboxylic acids is 1. The predicted octanol–water partition coefficient (Wildman–Crippen LogP) is 3.24. The summed E-state index contributed by atoms with van der Waals surface area (Å²) in [5.74, 6) is -0.722. The van der Waals surface area contributed by atoms with Crippen molar-refractivity contribution in [3.63, 3.8) is 0 Å². The van der Waals surface area contributed by atoms with Crippen LogP contribution in [0.2, 0.25) is 0 Å². The summed E-state index contributed by atoms with van der Waals surface area (Å²) in [6.45, 7) is 6.15. The molecule has 2 N–H and O–H groups in total. The number of ether oxygens (including phenoxy) is 2. The van der Waals surface area contributed by atoms with Gasteiger partial charge in [-0.05, 0) is 56.1 Å². The zero-order chi connectivity index (χ0) is 21.5. The van der Waals surface area contributed by atoms with Gasteiger partial charge in [0.2, 0.25) is 0 Å². The first-order valence-corrected chi connectivity index (χ1v) is 11.4. The largest absolute Gasteiger partial charge is 0.479 e. The van der Waals surface area contributed by atoms with E-state index in [1.54, 1.807) is 12.2 Å². The summed E-state index contributed by atoms with van der Waals surface area (Å²) < 4.78 is 12.4. The van der Waals surface area contributed by atoms with E-state index in [0.717, 1.165) is 24.8 Å². The van der Waals surface area contributed by atoms with Crippen molar-refractivity contribution in [1.82, 2.24) is 0 Å². The van der Waals surface area contributed by atoms with Crippen molar-refractivity contribution in [2.24, 2.45) is 28.6 Å². The molecule has 1 heterocycles. The Morgan fingerprint density at radius 1 is 1.33 bits per heavy atom. The first kappa shape index (κ1) is 20.4. The maximum absolute atomic E-state index is 12.7. The average molecular weight is 417 g/mol. The SMILES string of the molecule is CCC[C@@H]1O[C@@H]2C[C@H]3[C@@H]4CCC5=CC(=O)C=C[C@]5(C)[C@H]4[C@H](O)C[C@]3(C)[C@]2(C(=O)O)O1. The molecule has 5 aliphatic rings. The molecule has 0 aromatic carbocycles. The van der Waals surface area contributed by atoms with Crippen LogP contribution in [0.3, 0.4) is 0 Å². The van der Waals surface area contributed by atoms with Crippen molar-refractivity contribution in [2.75, 3.05) is 0 Å². The third kappa shape index (κ3) is 2.36. The second kappa shape index (κ2) is 6.50. The van der Waals surface area contributed by atoms with E-state index < -0.39 is 35.5 Å². The van der Waals surface area contributed by atoms with E-state index in [4.69, 9.17) is 9.47 Å². The van der Waals surface area contributed by atoms with Crippen LogP contribution in [0.5, 0.6) is 0 Å². The number of allylic oxidation sites excluding steroid dienone is 4. The van der Waals surface area contributed by atoms with Gasteiger partial charge in [-0.3, -0.25) is 4.79 Å². The Kier molecular flexibility index (Phi) is 4.42. The fraction of sp³-hybridized carbons (Fsp3) is 0.750. The van der Waals surface area contributed by atoms with Crippen LogP contribution in [0.15, 0.2) is 23.8 Å². The van der Waals surface area contributed by atoms with Crippen molar-refractivity contribution in [3.05, 3.63) is 23.8 Å². The van der Waals surface area contributed by atoms with E-state index >= 15 is 0 Å². The number of carbonyl (C=O) groups excluding carboxylic acids is 1. The molecule has 9 atom stereocenters. The number of carboxylic acid groups (broad SMARTS) is 1. The van der Waals surface area contributed by atoms with Crippen LogP contribution in [0.25, 0.3) is 0 Å². The van der Waals surface area contributed by atoms with Crippen molar-refractivity contribution in [3.8, 4) is 0 Å². The minimum Gasteiger partial charge on any atom is -0.479 e.